The average Bonchev–Trinajstić information content (AvgIpc) is 2.81. The second-order valence-corrected chi connectivity index (χ2v) is 17.5. The third-order valence-corrected chi connectivity index (χ3v) is 7.79. The topological polar surface area (TPSA) is 9.23 Å². The molecule has 1 aromatic carbocycles. The van der Waals surface area contributed by atoms with Crippen LogP contribution in [0.5, 0.6) is 5.75 Å². The number of hydrogen-bond acceptors (Lipinski definition) is 1. The zero-order chi connectivity index (χ0) is 34.5. The molecule has 0 amide bonds. The monoisotopic (exact) mass is 748 g/mol. The zero-order valence-corrected chi connectivity index (χ0v) is 22.9. The van der Waals surface area contributed by atoms with Crippen molar-refractivity contribution in [1.82, 2.24) is 0 Å². The summed E-state index contributed by atoms with van der Waals surface area (Å²) in [6.45, 7) is 0. The van der Waals surface area contributed by atoms with E-state index in [1.807, 2.05) is 0 Å². The van der Waals surface area contributed by atoms with E-state index in [0.717, 1.165) is 18.2 Å². The van der Waals surface area contributed by atoms with E-state index in [2.05, 4.69) is 4.74 Å². The van der Waals surface area contributed by atoms with Crippen LogP contribution in [0.4, 0.5) is 83.4 Å². The number of aryl methyl sites for hydroxylation is 1. The Labute approximate surface area is 241 Å². The van der Waals surface area contributed by atoms with E-state index >= 15 is 0 Å². The molecule has 0 bridgehead atoms. The van der Waals surface area contributed by atoms with Gasteiger partial charge in [-0.1, -0.05) is 18.2 Å². The van der Waals surface area contributed by atoms with Gasteiger partial charge in [-0.05, 0) is 30.5 Å². The maximum Gasteiger partial charge on any atom is 0.460 e. The Morgan fingerprint density at radius 2 is 1.02 bits per heavy atom. The molecule has 1 nitrogen and oxygen atoms in total. The molecular weight excluding hydrogens is 740 g/mol. The van der Waals surface area contributed by atoms with Gasteiger partial charge < -0.3 is 4.74 Å². The Bertz CT molecular complexity index is 1180. The number of para-hydroxylation sites is 1. The molecule has 0 heterocycles. The molecule has 0 aliphatic rings. The fourth-order valence-electron chi connectivity index (χ4n) is 2.84. The molecule has 1 rings (SSSR count). The molecule has 0 saturated carbocycles. The maximum absolute atomic E-state index is 14.2. The number of ether oxygens (including phenoxy) is 1. The van der Waals surface area contributed by atoms with E-state index in [1.165, 1.54) is 0 Å². The molecule has 0 aromatic heterocycles. The molecule has 0 N–H and O–H groups in total. The van der Waals surface area contributed by atoms with E-state index in [1.54, 1.807) is 0 Å². The second kappa shape index (κ2) is 12.0. The number of allylic oxidation sites excluding steroid dienone is 1. The van der Waals surface area contributed by atoms with Crippen LogP contribution in [0.2, 0.25) is 6.04 Å². The van der Waals surface area contributed by atoms with E-state index in [4.69, 9.17) is 33.2 Å². The summed E-state index contributed by atoms with van der Waals surface area (Å²) in [5.74, 6) is -62.2. The highest BCUT2D eigenvalue weighted by molar-refractivity contribution is 7.64. The Morgan fingerprint density at radius 1 is 0.605 bits per heavy atom. The van der Waals surface area contributed by atoms with E-state index in [9.17, 15) is 83.4 Å². The van der Waals surface area contributed by atoms with Gasteiger partial charge in [0.15, 0.2) is 0 Å². The average molecular weight is 750 g/mol. The second-order valence-electron chi connectivity index (χ2n) is 8.27. The van der Waals surface area contributed by atoms with Crippen LogP contribution in [0.3, 0.4) is 0 Å². The Kier molecular flexibility index (Phi) is 11.1. The van der Waals surface area contributed by atoms with Crippen molar-refractivity contribution in [2.24, 2.45) is 0 Å². The lowest BCUT2D eigenvalue weighted by atomic mass is 9.90. The first kappa shape index (κ1) is 39.5. The molecule has 0 spiro atoms. The number of halogens is 22. The number of alkyl halides is 17. The van der Waals surface area contributed by atoms with Gasteiger partial charge in [-0.15, -0.1) is 33.2 Å². The summed E-state index contributed by atoms with van der Waals surface area (Å²) in [6, 6.07) is -0.112. The molecule has 0 aliphatic heterocycles. The third-order valence-electron chi connectivity index (χ3n) is 5.17. The molecule has 1 aromatic rings. The van der Waals surface area contributed by atoms with Crippen LogP contribution in [0, 0.1) is 0 Å². The summed E-state index contributed by atoms with van der Waals surface area (Å²) in [6.07, 6.45) is -14.6. The minimum absolute atomic E-state index is 0.132. The van der Waals surface area contributed by atoms with Gasteiger partial charge in [0.25, 0.3) is 0 Å². The van der Waals surface area contributed by atoms with Gasteiger partial charge in [-0.25, -0.2) is 4.39 Å². The lowest BCUT2D eigenvalue weighted by Crippen LogP contribution is -2.72. The Morgan fingerprint density at radius 3 is 1.47 bits per heavy atom. The highest BCUT2D eigenvalue weighted by Gasteiger charge is 2.94. The minimum atomic E-state index is -8.84. The van der Waals surface area contributed by atoms with Crippen LogP contribution in [0.15, 0.2) is 35.9 Å². The third kappa shape index (κ3) is 7.18. The standard InChI is InChI=1S/C19H10Cl3F19OSi/c20-43(21,22)7-3-5-8-4-1-2-6-9(8)42-13(27,28)11(24)10(23)12(25,26)14(29,30)15(31,32)16(33,34)17(35,36)18(37,38)19(39,40)41/h1-2,4,6H,3,5,7H2. The fraction of sp³-hybridized carbons (Fsp3) is 0.579. The van der Waals surface area contributed by atoms with Gasteiger partial charge in [-0.2, -0.15) is 79.0 Å². The van der Waals surface area contributed by atoms with Crippen molar-refractivity contribution in [3.8, 4) is 5.75 Å². The first-order valence-electron chi connectivity index (χ1n) is 10.4. The molecule has 0 saturated heterocycles. The summed E-state index contributed by atoms with van der Waals surface area (Å²) < 4.78 is 258. The normalized spacial score (nSPS) is 15.9. The first-order chi connectivity index (χ1) is 18.7. The predicted octanol–water partition coefficient (Wildman–Crippen LogP) is 10.8. The molecule has 250 valence electrons. The van der Waals surface area contributed by atoms with E-state index < -0.39 is 76.8 Å². The van der Waals surface area contributed by atoms with Crippen LogP contribution in [-0.2, 0) is 6.42 Å². The smallest absolute Gasteiger partial charge is 0.427 e. The zero-order valence-electron chi connectivity index (χ0n) is 19.7. The highest BCUT2D eigenvalue weighted by Crippen LogP contribution is 2.63. The summed E-state index contributed by atoms with van der Waals surface area (Å²) in [5.41, 5.74) is -0.408. The first-order valence-corrected chi connectivity index (χ1v) is 15.6. The molecular formula is C19H10Cl3F19OSi. The molecule has 0 atom stereocenters. The van der Waals surface area contributed by atoms with Gasteiger partial charge >= 0.3 is 53.8 Å². The summed E-state index contributed by atoms with van der Waals surface area (Å²) in [7, 11) is 0. The number of rotatable bonds is 13. The molecule has 43 heavy (non-hydrogen) atoms. The van der Waals surface area contributed by atoms with Crippen molar-refractivity contribution in [1.29, 1.82) is 0 Å². The summed E-state index contributed by atoms with van der Waals surface area (Å²) in [4.78, 5) is 0. The molecule has 0 unspecified atom stereocenters. The van der Waals surface area contributed by atoms with Crippen molar-refractivity contribution < 1.29 is 88.2 Å². The predicted molar refractivity (Wildman–Crippen MR) is 113 cm³/mol. The van der Waals surface area contributed by atoms with Gasteiger partial charge in [-0.3, -0.25) is 0 Å². The van der Waals surface area contributed by atoms with Crippen molar-refractivity contribution in [2.75, 3.05) is 0 Å². The SMILES string of the molecule is FC(=C(F)C(F)(F)C(F)(F)C(F)(F)C(F)(F)C(F)(F)C(F)(F)C(F)(F)F)C(F)(F)Oc1ccccc1CCC[Si](Cl)(Cl)Cl. The fourth-order valence-corrected chi connectivity index (χ4v) is 4.62. The van der Waals surface area contributed by atoms with E-state index in [-0.39, 0.29) is 18.9 Å². The van der Waals surface area contributed by atoms with Crippen LogP contribution in [0.1, 0.15) is 12.0 Å². The molecule has 0 fully saturated rings. The van der Waals surface area contributed by atoms with Gasteiger partial charge in [0.1, 0.15) is 5.75 Å². The highest BCUT2D eigenvalue weighted by atomic mass is 35.8. The lowest BCUT2D eigenvalue weighted by Gasteiger charge is -2.41. The lowest BCUT2D eigenvalue weighted by molar-refractivity contribution is -0.451. The Hall–Kier alpha value is -1.48. The van der Waals surface area contributed by atoms with Crippen LogP contribution in [0.25, 0.3) is 0 Å². The van der Waals surface area contributed by atoms with Crippen molar-refractivity contribution in [3.05, 3.63) is 41.5 Å². The van der Waals surface area contributed by atoms with Gasteiger partial charge in [0, 0.05) is 0 Å². The molecule has 0 aliphatic carbocycles. The Balaban J connectivity index is 3.58. The number of benzene rings is 1. The van der Waals surface area contributed by atoms with Crippen molar-refractivity contribution in [3.63, 3.8) is 0 Å². The summed E-state index contributed by atoms with van der Waals surface area (Å²) in [5, 5.41) is 0. The summed E-state index contributed by atoms with van der Waals surface area (Å²) >= 11 is 16.8. The van der Waals surface area contributed by atoms with Crippen molar-refractivity contribution in [2.45, 2.75) is 66.7 Å². The maximum atomic E-state index is 14.2. The van der Waals surface area contributed by atoms with Crippen molar-refractivity contribution >= 4 is 39.2 Å². The molecule has 0 radical (unpaired) electrons. The van der Waals surface area contributed by atoms with Gasteiger partial charge in [0.2, 0.25) is 11.7 Å². The van der Waals surface area contributed by atoms with Crippen LogP contribution < -0.4 is 4.74 Å². The van der Waals surface area contributed by atoms with Gasteiger partial charge in [0.05, 0.1) is 0 Å². The minimum Gasteiger partial charge on any atom is -0.427 e. The molecule has 24 heteroatoms. The van der Waals surface area contributed by atoms with E-state index in [0.29, 0.717) is 6.07 Å². The largest absolute Gasteiger partial charge is 0.460 e. The van der Waals surface area contributed by atoms with Crippen LogP contribution >= 0.6 is 33.2 Å². The number of hydrogen-bond donors (Lipinski definition) is 0. The van der Waals surface area contributed by atoms with Crippen LogP contribution in [-0.4, -0.2) is 53.8 Å². The quantitative estimate of drug-likeness (QED) is 0.111.